The molecular formula is C37H33N. The third kappa shape index (κ3) is 2.99. The lowest BCUT2D eigenvalue weighted by atomic mass is 9.70. The van der Waals surface area contributed by atoms with Crippen LogP contribution < -0.4 is 0 Å². The highest BCUT2D eigenvalue weighted by Crippen LogP contribution is 2.58. The van der Waals surface area contributed by atoms with Crippen molar-refractivity contribution >= 4 is 27.4 Å². The van der Waals surface area contributed by atoms with Crippen LogP contribution in [0.3, 0.4) is 0 Å². The van der Waals surface area contributed by atoms with Crippen molar-refractivity contribution in [3.63, 3.8) is 0 Å². The molecule has 1 nitrogen and oxygen atoms in total. The van der Waals surface area contributed by atoms with Gasteiger partial charge < -0.3 is 4.57 Å². The second-order valence-electron chi connectivity index (χ2n) is 12.0. The highest BCUT2D eigenvalue weighted by Gasteiger charge is 2.43. The molecule has 2 aliphatic carbocycles. The van der Waals surface area contributed by atoms with Gasteiger partial charge in [0.1, 0.15) is 0 Å². The number of benzene rings is 4. The van der Waals surface area contributed by atoms with Gasteiger partial charge in [-0.05, 0) is 69.0 Å². The maximum atomic E-state index is 4.70. The molecule has 0 spiro atoms. The molecule has 0 radical (unpaired) electrons. The van der Waals surface area contributed by atoms with E-state index >= 15 is 0 Å². The molecule has 0 bridgehead atoms. The number of nitrogens with zero attached hydrogens (tertiary/aromatic N) is 1. The van der Waals surface area contributed by atoms with E-state index < -0.39 is 0 Å². The predicted octanol–water partition coefficient (Wildman–Crippen LogP) is 9.90. The van der Waals surface area contributed by atoms with Gasteiger partial charge in [-0.15, -0.1) is 0 Å². The molecule has 1 heteroatoms. The Morgan fingerprint density at radius 1 is 0.737 bits per heavy atom. The van der Waals surface area contributed by atoms with Gasteiger partial charge in [-0.2, -0.15) is 0 Å². The van der Waals surface area contributed by atoms with E-state index in [1.807, 2.05) is 0 Å². The van der Waals surface area contributed by atoms with Gasteiger partial charge in [0.2, 0.25) is 0 Å². The number of rotatable bonds is 1. The summed E-state index contributed by atoms with van der Waals surface area (Å²) in [5.74, 6) is 0. The average molecular weight is 492 g/mol. The Morgan fingerprint density at radius 3 is 2.26 bits per heavy atom. The van der Waals surface area contributed by atoms with Crippen LogP contribution in [0.4, 0.5) is 0 Å². The highest BCUT2D eigenvalue weighted by molar-refractivity contribution is 6.20. The molecule has 0 fully saturated rings. The molecule has 0 amide bonds. The van der Waals surface area contributed by atoms with E-state index in [2.05, 4.69) is 135 Å². The van der Waals surface area contributed by atoms with Crippen LogP contribution in [-0.4, -0.2) is 4.57 Å². The largest absolute Gasteiger partial charge is 0.309 e. The van der Waals surface area contributed by atoms with Gasteiger partial charge in [0.05, 0.1) is 11.0 Å². The zero-order chi connectivity index (χ0) is 26.2. The zero-order valence-corrected chi connectivity index (χ0v) is 22.7. The average Bonchev–Trinajstić information content (AvgIpc) is 3.38. The second kappa shape index (κ2) is 7.95. The lowest BCUT2D eigenvalue weighted by molar-refractivity contribution is 0.533. The van der Waals surface area contributed by atoms with Crippen molar-refractivity contribution in [1.29, 1.82) is 0 Å². The van der Waals surface area contributed by atoms with Crippen molar-refractivity contribution in [2.24, 2.45) is 0 Å². The molecule has 5 aromatic rings. The Labute approximate surface area is 225 Å². The molecule has 1 aromatic heterocycles. The molecular weight excluding hydrogens is 458 g/mol. The number of hydrogen-bond donors (Lipinski definition) is 0. The van der Waals surface area contributed by atoms with Crippen molar-refractivity contribution in [2.75, 3.05) is 0 Å². The zero-order valence-electron chi connectivity index (χ0n) is 22.7. The summed E-state index contributed by atoms with van der Waals surface area (Å²) in [5, 5.41) is 2.68. The van der Waals surface area contributed by atoms with E-state index in [0.717, 1.165) is 12.0 Å². The van der Waals surface area contributed by atoms with Crippen molar-refractivity contribution in [1.82, 2.24) is 4.57 Å². The van der Waals surface area contributed by atoms with E-state index in [1.165, 1.54) is 60.9 Å². The van der Waals surface area contributed by atoms with Crippen molar-refractivity contribution < 1.29 is 0 Å². The fourth-order valence-corrected chi connectivity index (χ4v) is 7.12. The number of para-hydroxylation sites is 2. The molecule has 38 heavy (non-hydrogen) atoms. The molecule has 2 aliphatic rings. The molecule has 7 rings (SSSR count). The van der Waals surface area contributed by atoms with Gasteiger partial charge in [-0.3, -0.25) is 0 Å². The monoisotopic (exact) mass is 491 g/mol. The fourth-order valence-electron chi connectivity index (χ4n) is 7.12. The molecule has 0 unspecified atom stereocenters. The minimum atomic E-state index is -0.144. The minimum Gasteiger partial charge on any atom is -0.309 e. The third-order valence-corrected chi connectivity index (χ3v) is 8.79. The third-order valence-electron chi connectivity index (χ3n) is 8.79. The molecule has 0 atom stereocenters. The Balaban J connectivity index is 1.84. The van der Waals surface area contributed by atoms with Crippen molar-refractivity contribution in [3.8, 4) is 16.8 Å². The standard InChI is InChI=1S/C37H33N/c1-24-16-8-7-15-23-36(2,3)34-30(24)33-31(26-19-11-13-21-28(26)37(33,4)5)32-27-20-12-14-22-29(27)38(35(32)34)25-17-9-6-10-18-25/h6-22H,1,23H2,2-5H3/b15-7-,16-8-. The first-order valence-electron chi connectivity index (χ1n) is 13.6. The van der Waals surface area contributed by atoms with Crippen LogP contribution in [0.2, 0.25) is 0 Å². The topological polar surface area (TPSA) is 4.93 Å². The predicted molar refractivity (Wildman–Crippen MR) is 163 cm³/mol. The van der Waals surface area contributed by atoms with Crippen LogP contribution in [0.25, 0.3) is 44.2 Å². The van der Waals surface area contributed by atoms with Gasteiger partial charge in [0, 0.05) is 21.9 Å². The summed E-state index contributed by atoms with van der Waals surface area (Å²) in [4.78, 5) is 0. The van der Waals surface area contributed by atoms with Crippen LogP contribution >= 0.6 is 0 Å². The maximum Gasteiger partial charge on any atom is 0.0591 e. The van der Waals surface area contributed by atoms with E-state index in [4.69, 9.17) is 6.58 Å². The maximum absolute atomic E-state index is 4.70. The van der Waals surface area contributed by atoms with Crippen molar-refractivity contribution in [2.45, 2.75) is 44.9 Å². The molecule has 0 saturated heterocycles. The first-order chi connectivity index (χ1) is 18.3. The van der Waals surface area contributed by atoms with Gasteiger partial charge in [0.15, 0.2) is 0 Å². The lowest BCUT2D eigenvalue weighted by Crippen LogP contribution is -2.24. The summed E-state index contributed by atoms with van der Waals surface area (Å²) in [7, 11) is 0. The Morgan fingerprint density at radius 2 is 1.45 bits per heavy atom. The highest BCUT2D eigenvalue weighted by atomic mass is 15.0. The summed E-state index contributed by atoms with van der Waals surface area (Å²) in [5.41, 5.74) is 12.8. The van der Waals surface area contributed by atoms with Gasteiger partial charge in [0.25, 0.3) is 0 Å². The van der Waals surface area contributed by atoms with E-state index in [1.54, 1.807) is 0 Å². The number of fused-ring (bicyclic) bond motifs is 10. The van der Waals surface area contributed by atoms with Crippen LogP contribution in [0, 0.1) is 0 Å². The van der Waals surface area contributed by atoms with Crippen molar-refractivity contribution in [3.05, 3.63) is 132 Å². The first kappa shape index (κ1) is 23.0. The fraction of sp³-hybridized carbons (Fsp3) is 0.189. The number of allylic oxidation sites excluding steroid dienone is 5. The quantitative estimate of drug-likeness (QED) is 0.220. The number of hydrogen-bond acceptors (Lipinski definition) is 0. The molecule has 1 heterocycles. The van der Waals surface area contributed by atoms with Gasteiger partial charge in [-0.1, -0.05) is 119 Å². The summed E-state index contributed by atoms with van der Waals surface area (Å²) >= 11 is 0. The Hall–Kier alpha value is -4.10. The van der Waals surface area contributed by atoms with Gasteiger partial charge >= 0.3 is 0 Å². The first-order valence-corrected chi connectivity index (χ1v) is 13.6. The molecule has 0 N–H and O–H groups in total. The van der Waals surface area contributed by atoms with E-state index in [0.29, 0.717) is 0 Å². The van der Waals surface area contributed by atoms with Crippen LogP contribution in [0.1, 0.15) is 56.4 Å². The molecule has 0 saturated carbocycles. The van der Waals surface area contributed by atoms with Crippen LogP contribution in [0.5, 0.6) is 0 Å². The van der Waals surface area contributed by atoms with Crippen LogP contribution in [0.15, 0.2) is 110 Å². The SMILES string of the molecule is C=C1/C=C\C=C/CC(C)(C)c2c1c1c(c3c4ccccc4n(-c4ccccc4)c23)-c2ccccc2C1(C)C. The Bertz CT molecular complexity index is 1840. The summed E-state index contributed by atoms with van der Waals surface area (Å²) in [6.07, 6.45) is 9.81. The van der Waals surface area contributed by atoms with Gasteiger partial charge in [-0.25, -0.2) is 0 Å². The normalized spacial score (nSPS) is 18.8. The van der Waals surface area contributed by atoms with Crippen LogP contribution in [-0.2, 0) is 10.8 Å². The Kier molecular flexibility index (Phi) is 4.82. The lowest BCUT2D eigenvalue weighted by Gasteiger charge is -2.33. The smallest absolute Gasteiger partial charge is 0.0591 e. The van der Waals surface area contributed by atoms with E-state index in [-0.39, 0.29) is 10.8 Å². The summed E-state index contributed by atoms with van der Waals surface area (Å²) in [6.45, 7) is 14.3. The molecule has 4 aromatic carbocycles. The molecule has 186 valence electrons. The number of aromatic nitrogens is 1. The summed E-state index contributed by atoms with van der Waals surface area (Å²) < 4.78 is 2.51. The second-order valence-corrected chi connectivity index (χ2v) is 12.0. The molecule has 0 aliphatic heterocycles. The minimum absolute atomic E-state index is 0.111. The summed E-state index contributed by atoms with van der Waals surface area (Å²) in [6, 6.07) is 28.8. The van der Waals surface area contributed by atoms with E-state index in [9.17, 15) is 0 Å².